The lowest BCUT2D eigenvalue weighted by Gasteiger charge is -2.20. The van der Waals surface area contributed by atoms with Gasteiger partial charge in [0.15, 0.2) is 4.77 Å². The van der Waals surface area contributed by atoms with Crippen LogP contribution in [0.2, 0.25) is 0 Å². The van der Waals surface area contributed by atoms with Gasteiger partial charge in [0.2, 0.25) is 0 Å². The molecule has 3 heterocycles. The molecule has 1 N–H and O–H groups in total. The molecule has 1 saturated heterocycles. The minimum absolute atomic E-state index is 0.0482. The first kappa shape index (κ1) is 14.0. The number of H-pyrrole nitrogens is 1. The van der Waals surface area contributed by atoms with Crippen molar-refractivity contribution in [1.29, 1.82) is 0 Å². The van der Waals surface area contributed by atoms with Gasteiger partial charge in [-0.3, -0.25) is 9.36 Å². The van der Waals surface area contributed by atoms with Crippen LogP contribution in [0.15, 0.2) is 16.2 Å². The van der Waals surface area contributed by atoms with Crippen LogP contribution in [0.5, 0.6) is 0 Å². The Hall–Kier alpha value is -0.980. The summed E-state index contributed by atoms with van der Waals surface area (Å²) in [7, 11) is 0. The van der Waals surface area contributed by atoms with Crippen LogP contribution in [0.1, 0.15) is 19.8 Å². The molecule has 1 atom stereocenters. The quantitative estimate of drug-likeness (QED) is 0.883. The number of nitrogens with zero attached hydrogens (tertiary/aromatic N) is 2. The van der Waals surface area contributed by atoms with Crippen LogP contribution in [0.25, 0.3) is 10.2 Å². The third-order valence-corrected chi connectivity index (χ3v) is 5.08. The van der Waals surface area contributed by atoms with Gasteiger partial charge >= 0.3 is 0 Å². The second-order valence-electron chi connectivity index (χ2n) is 5.62. The standard InChI is InChI=1S/C14H19N3OS2/c1-10(8-16-5-2-3-6-16)9-17-13(18)12-11(4-7-20-12)15-14(17)19/h4,7,10H,2-3,5-6,8-9H2,1H3,(H,15,19). The lowest BCUT2D eigenvalue weighted by atomic mass is 10.1. The fraction of sp³-hybridized carbons (Fsp3) is 0.571. The van der Waals surface area contributed by atoms with Gasteiger partial charge in [-0.1, -0.05) is 6.92 Å². The molecule has 0 radical (unpaired) electrons. The molecule has 0 bridgehead atoms. The Morgan fingerprint density at radius 2 is 2.15 bits per heavy atom. The second-order valence-corrected chi connectivity index (χ2v) is 6.93. The van der Waals surface area contributed by atoms with Crippen LogP contribution in [0.4, 0.5) is 0 Å². The number of thiophene rings is 1. The molecule has 2 aromatic heterocycles. The van der Waals surface area contributed by atoms with Crippen molar-refractivity contribution in [2.24, 2.45) is 5.92 Å². The number of hydrogen-bond donors (Lipinski definition) is 1. The molecule has 3 rings (SSSR count). The Morgan fingerprint density at radius 1 is 1.40 bits per heavy atom. The molecule has 0 aliphatic carbocycles. The normalized spacial score (nSPS) is 17.9. The van der Waals surface area contributed by atoms with Crippen LogP contribution in [-0.2, 0) is 6.54 Å². The summed E-state index contributed by atoms with van der Waals surface area (Å²) in [4.78, 5) is 18.1. The van der Waals surface area contributed by atoms with E-state index in [2.05, 4.69) is 16.8 Å². The molecule has 1 fully saturated rings. The van der Waals surface area contributed by atoms with Crippen molar-refractivity contribution in [3.8, 4) is 0 Å². The fourth-order valence-corrected chi connectivity index (χ4v) is 3.98. The Morgan fingerprint density at radius 3 is 2.90 bits per heavy atom. The molecule has 0 spiro atoms. The first-order valence-electron chi connectivity index (χ1n) is 7.08. The average Bonchev–Trinajstić information content (AvgIpc) is 3.05. The number of likely N-dealkylation sites (tertiary alicyclic amines) is 1. The Bertz CT molecular complexity index is 709. The number of rotatable bonds is 4. The largest absolute Gasteiger partial charge is 0.331 e. The maximum Gasteiger partial charge on any atom is 0.272 e. The number of hydrogen-bond acceptors (Lipinski definition) is 4. The molecule has 4 nitrogen and oxygen atoms in total. The van der Waals surface area contributed by atoms with Crippen LogP contribution in [0.3, 0.4) is 0 Å². The summed E-state index contributed by atoms with van der Waals surface area (Å²) >= 11 is 6.81. The highest BCUT2D eigenvalue weighted by atomic mass is 32.1. The third kappa shape index (κ3) is 2.73. The molecular formula is C14H19N3OS2. The van der Waals surface area contributed by atoms with Crippen LogP contribution < -0.4 is 5.56 Å². The monoisotopic (exact) mass is 309 g/mol. The first-order chi connectivity index (χ1) is 9.65. The van der Waals surface area contributed by atoms with E-state index in [1.54, 1.807) is 4.57 Å². The highest BCUT2D eigenvalue weighted by Gasteiger charge is 2.16. The lowest BCUT2D eigenvalue weighted by Crippen LogP contribution is -2.31. The van der Waals surface area contributed by atoms with Crippen LogP contribution in [0, 0.1) is 10.7 Å². The van der Waals surface area contributed by atoms with Gasteiger partial charge < -0.3 is 9.88 Å². The van der Waals surface area contributed by atoms with E-state index in [1.165, 1.54) is 37.3 Å². The van der Waals surface area contributed by atoms with E-state index in [0.29, 0.717) is 17.2 Å². The summed E-state index contributed by atoms with van der Waals surface area (Å²) in [6.45, 7) is 6.31. The zero-order valence-corrected chi connectivity index (χ0v) is 13.2. The van der Waals surface area contributed by atoms with E-state index < -0.39 is 0 Å². The zero-order valence-electron chi connectivity index (χ0n) is 11.6. The molecule has 1 aliphatic rings. The molecule has 0 aromatic carbocycles. The minimum atomic E-state index is 0.0482. The van der Waals surface area contributed by atoms with Gasteiger partial charge in [-0.05, 0) is 55.5 Å². The molecule has 1 unspecified atom stereocenters. The molecule has 0 saturated carbocycles. The van der Waals surface area contributed by atoms with E-state index in [4.69, 9.17) is 12.2 Å². The van der Waals surface area contributed by atoms with Gasteiger partial charge in [0.1, 0.15) is 4.70 Å². The molecule has 2 aromatic rings. The Labute approximate surface area is 127 Å². The summed E-state index contributed by atoms with van der Waals surface area (Å²) in [6, 6.07) is 1.91. The summed E-state index contributed by atoms with van der Waals surface area (Å²) in [6.07, 6.45) is 2.60. The molecule has 6 heteroatoms. The van der Waals surface area contributed by atoms with Gasteiger partial charge in [-0.15, -0.1) is 11.3 Å². The van der Waals surface area contributed by atoms with E-state index in [-0.39, 0.29) is 5.56 Å². The van der Waals surface area contributed by atoms with E-state index >= 15 is 0 Å². The second kappa shape index (κ2) is 5.79. The van der Waals surface area contributed by atoms with Crippen molar-refractivity contribution in [3.63, 3.8) is 0 Å². The third-order valence-electron chi connectivity index (χ3n) is 3.85. The minimum Gasteiger partial charge on any atom is -0.331 e. The predicted molar refractivity (Wildman–Crippen MR) is 86.1 cm³/mol. The number of fused-ring (bicyclic) bond motifs is 1. The maximum atomic E-state index is 12.5. The van der Waals surface area contributed by atoms with Crippen LogP contribution in [-0.4, -0.2) is 34.1 Å². The molecular weight excluding hydrogens is 290 g/mol. The van der Waals surface area contributed by atoms with Gasteiger partial charge in [-0.25, -0.2) is 0 Å². The summed E-state index contributed by atoms with van der Waals surface area (Å²) in [5.74, 6) is 0.429. The van der Waals surface area contributed by atoms with Gasteiger partial charge in [-0.2, -0.15) is 0 Å². The van der Waals surface area contributed by atoms with Gasteiger partial charge in [0.05, 0.1) is 5.52 Å². The highest BCUT2D eigenvalue weighted by Crippen LogP contribution is 2.15. The molecule has 20 heavy (non-hydrogen) atoms. The molecule has 108 valence electrons. The van der Waals surface area contributed by atoms with E-state index in [0.717, 1.165) is 16.8 Å². The SMILES string of the molecule is CC(CN1CCCC1)Cn1c(=S)[nH]c2ccsc2c1=O. The van der Waals surface area contributed by atoms with Crippen molar-refractivity contribution in [2.45, 2.75) is 26.3 Å². The molecule has 0 amide bonds. The van der Waals surface area contributed by atoms with E-state index in [9.17, 15) is 4.79 Å². The number of aromatic amines is 1. The fourth-order valence-electron chi connectivity index (χ4n) is 2.91. The Balaban J connectivity index is 1.82. The Kier molecular flexibility index (Phi) is 4.05. The summed E-state index contributed by atoms with van der Waals surface area (Å²) in [5.41, 5.74) is 0.903. The van der Waals surface area contributed by atoms with Crippen molar-refractivity contribution in [3.05, 3.63) is 26.6 Å². The summed E-state index contributed by atoms with van der Waals surface area (Å²) in [5, 5.41) is 1.93. The average molecular weight is 309 g/mol. The maximum absolute atomic E-state index is 12.5. The molecule has 1 aliphatic heterocycles. The van der Waals surface area contributed by atoms with Crippen LogP contribution >= 0.6 is 23.6 Å². The zero-order chi connectivity index (χ0) is 14.1. The van der Waals surface area contributed by atoms with Crippen molar-refractivity contribution in [1.82, 2.24) is 14.5 Å². The van der Waals surface area contributed by atoms with E-state index in [1.807, 2.05) is 11.4 Å². The summed E-state index contributed by atoms with van der Waals surface area (Å²) < 4.78 is 3.02. The first-order valence-corrected chi connectivity index (χ1v) is 8.36. The number of aromatic nitrogens is 2. The lowest BCUT2D eigenvalue weighted by molar-refractivity contribution is 0.269. The topological polar surface area (TPSA) is 41.0 Å². The van der Waals surface area contributed by atoms with Crippen molar-refractivity contribution >= 4 is 33.8 Å². The van der Waals surface area contributed by atoms with Crippen molar-refractivity contribution in [2.75, 3.05) is 19.6 Å². The van der Waals surface area contributed by atoms with Crippen molar-refractivity contribution < 1.29 is 0 Å². The smallest absolute Gasteiger partial charge is 0.272 e. The highest BCUT2D eigenvalue weighted by molar-refractivity contribution is 7.71. The van der Waals surface area contributed by atoms with Gasteiger partial charge in [0, 0.05) is 13.1 Å². The van der Waals surface area contributed by atoms with Gasteiger partial charge in [0.25, 0.3) is 5.56 Å². The number of nitrogens with one attached hydrogen (secondary N) is 1. The predicted octanol–water partition coefficient (Wildman–Crippen LogP) is 2.85.